The molecule has 1 aliphatic heterocycles. The molecule has 0 unspecified atom stereocenters. The van der Waals surface area contributed by atoms with Gasteiger partial charge < -0.3 is 24.7 Å². The van der Waals surface area contributed by atoms with Crippen LogP contribution in [0.4, 0.5) is 11.4 Å². The Bertz CT molecular complexity index is 1560. The Balaban J connectivity index is 1.57. The van der Waals surface area contributed by atoms with Crippen molar-refractivity contribution < 1.29 is 13.9 Å². The number of hydrogen-bond acceptors (Lipinski definition) is 5. The van der Waals surface area contributed by atoms with Crippen molar-refractivity contribution >= 4 is 50.5 Å². The van der Waals surface area contributed by atoms with Crippen LogP contribution in [0.3, 0.4) is 0 Å². The van der Waals surface area contributed by atoms with Crippen molar-refractivity contribution in [2.45, 2.75) is 39.8 Å². The highest BCUT2D eigenvalue weighted by Gasteiger charge is 2.43. The second-order valence-corrected chi connectivity index (χ2v) is 12.0. The molecule has 0 bridgehead atoms. The van der Waals surface area contributed by atoms with E-state index in [1.807, 2.05) is 80.3 Å². The molecular weight excluding hydrogens is 588 g/mol. The summed E-state index contributed by atoms with van der Waals surface area (Å²) < 4.78 is 13.2. The summed E-state index contributed by atoms with van der Waals surface area (Å²) in [5.41, 5.74) is 3.80. The van der Waals surface area contributed by atoms with E-state index in [0.29, 0.717) is 16.5 Å². The van der Waals surface area contributed by atoms with E-state index in [4.69, 9.17) is 21.4 Å². The van der Waals surface area contributed by atoms with Gasteiger partial charge in [-0.15, -0.1) is 0 Å². The largest absolute Gasteiger partial charge is 0.494 e. The SMILES string of the molecule is COc1cc(N2C(=S)N[C@H](c3ccccn3)[C@H]2c2ccc(-c3ccc(C)cc3Br)o2)ccc1NC(=O)C(C)(C)C. The molecule has 0 radical (unpaired) electrons. The molecule has 1 fully saturated rings. The summed E-state index contributed by atoms with van der Waals surface area (Å²) in [6.07, 6.45) is 1.77. The molecule has 4 aromatic rings. The Kier molecular flexibility index (Phi) is 7.70. The summed E-state index contributed by atoms with van der Waals surface area (Å²) in [7, 11) is 1.58. The number of ether oxygens (including phenoxy) is 1. The number of hydrogen-bond donors (Lipinski definition) is 2. The lowest BCUT2D eigenvalue weighted by Crippen LogP contribution is -2.30. The average molecular weight is 620 g/mol. The van der Waals surface area contributed by atoms with Gasteiger partial charge in [-0.1, -0.05) is 48.8 Å². The normalized spacial score (nSPS) is 17.1. The second kappa shape index (κ2) is 11.1. The van der Waals surface area contributed by atoms with E-state index in [-0.39, 0.29) is 18.0 Å². The summed E-state index contributed by atoms with van der Waals surface area (Å²) >= 11 is 9.55. The average Bonchev–Trinajstić information content (AvgIpc) is 3.53. The molecule has 1 aliphatic rings. The summed E-state index contributed by atoms with van der Waals surface area (Å²) in [6.45, 7) is 7.66. The lowest BCUT2D eigenvalue weighted by Gasteiger charge is -2.27. The number of carbonyl (C=O) groups excluding carboxylic acids is 1. The fraction of sp³-hybridized carbons (Fsp3) is 0.258. The Morgan fingerprint density at radius 1 is 1.12 bits per heavy atom. The topological polar surface area (TPSA) is 79.6 Å². The lowest BCUT2D eigenvalue weighted by atomic mass is 9.95. The molecule has 0 saturated carbocycles. The minimum Gasteiger partial charge on any atom is -0.494 e. The van der Waals surface area contributed by atoms with Crippen molar-refractivity contribution in [2.75, 3.05) is 17.3 Å². The third kappa shape index (κ3) is 5.48. The molecule has 0 spiro atoms. The number of furan rings is 1. The number of thiocarbonyl (C=S) groups is 1. The molecule has 2 aromatic heterocycles. The molecule has 3 heterocycles. The van der Waals surface area contributed by atoms with Gasteiger partial charge in [-0.2, -0.15) is 0 Å². The predicted molar refractivity (Wildman–Crippen MR) is 166 cm³/mol. The molecule has 2 atom stereocenters. The number of anilines is 2. The van der Waals surface area contributed by atoms with Crippen molar-refractivity contribution in [3.8, 4) is 17.1 Å². The summed E-state index contributed by atoms with van der Waals surface area (Å²) in [4.78, 5) is 19.3. The number of nitrogens with one attached hydrogen (secondary N) is 2. The number of halogens is 1. The summed E-state index contributed by atoms with van der Waals surface area (Å²) in [5.74, 6) is 1.91. The molecule has 206 valence electrons. The van der Waals surface area contributed by atoms with E-state index in [0.717, 1.165) is 38.5 Å². The van der Waals surface area contributed by atoms with E-state index < -0.39 is 5.41 Å². The highest BCUT2D eigenvalue weighted by Crippen LogP contribution is 2.45. The number of rotatable bonds is 6. The zero-order chi connectivity index (χ0) is 28.6. The van der Waals surface area contributed by atoms with Crippen LogP contribution in [-0.4, -0.2) is 23.1 Å². The van der Waals surface area contributed by atoms with Crippen LogP contribution in [0.15, 0.2) is 81.8 Å². The monoisotopic (exact) mass is 618 g/mol. The quantitative estimate of drug-likeness (QED) is 0.216. The van der Waals surface area contributed by atoms with Crippen LogP contribution in [0.1, 0.15) is 49.9 Å². The number of aryl methyl sites for hydroxylation is 1. The molecule has 2 aromatic carbocycles. The maximum absolute atomic E-state index is 12.7. The van der Waals surface area contributed by atoms with Gasteiger partial charge in [0.25, 0.3) is 0 Å². The minimum absolute atomic E-state index is 0.101. The minimum atomic E-state index is -0.547. The van der Waals surface area contributed by atoms with E-state index in [2.05, 4.69) is 50.6 Å². The molecule has 2 N–H and O–H groups in total. The van der Waals surface area contributed by atoms with Gasteiger partial charge in [-0.25, -0.2) is 0 Å². The van der Waals surface area contributed by atoms with Gasteiger partial charge in [0.15, 0.2) is 5.11 Å². The van der Waals surface area contributed by atoms with Crippen LogP contribution in [0.2, 0.25) is 0 Å². The molecule has 9 heteroatoms. The number of carbonyl (C=O) groups is 1. The molecule has 40 heavy (non-hydrogen) atoms. The van der Waals surface area contributed by atoms with Gasteiger partial charge in [0.05, 0.1) is 24.5 Å². The Morgan fingerprint density at radius 3 is 2.60 bits per heavy atom. The standard InChI is InChI=1S/C31H31BrN4O3S/c1-18-9-11-20(21(32)16-18)24-13-14-25(39-24)28-27(23-8-6-7-15-33-23)35-30(40)36(28)19-10-12-22(26(17-19)38-5)34-29(37)31(2,3)4/h6-17,27-28H,1-5H3,(H,34,37)(H,35,40)/t27-,28-/m1/s1. The Morgan fingerprint density at radius 2 is 1.93 bits per heavy atom. The highest BCUT2D eigenvalue weighted by molar-refractivity contribution is 9.10. The van der Waals surface area contributed by atoms with Crippen molar-refractivity contribution in [3.05, 3.63) is 94.4 Å². The van der Waals surface area contributed by atoms with Crippen LogP contribution in [0, 0.1) is 12.3 Å². The van der Waals surface area contributed by atoms with Gasteiger partial charge in [-0.3, -0.25) is 9.78 Å². The molecule has 1 saturated heterocycles. The van der Waals surface area contributed by atoms with Gasteiger partial charge in [-0.05, 0) is 73.2 Å². The van der Waals surface area contributed by atoms with Crippen LogP contribution >= 0.6 is 28.1 Å². The second-order valence-electron chi connectivity index (χ2n) is 10.8. The molecule has 7 nitrogen and oxygen atoms in total. The smallest absolute Gasteiger partial charge is 0.229 e. The zero-order valence-corrected chi connectivity index (χ0v) is 25.4. The van der Waals surface area contributed by atoms with Crippen molar-refractivity contribution in [3.63, 3.8) is 0 Å². The molecular formula is C31H31BrN4O3S. The predicted octanol–water partition coefficient (Wildman–Crippen LogP) is 7.58. The summed E-state index contributed by atoms with van der Waals surface area (Å²) in [6, 6.07) is 21.0. The number of pyridine rings is 1. The first-order valence-electron chi connectivity index (χ1n) is 12.9. The van der Waals surface area contributed by atoms with Gasteiger partial charge in [0, 0.05) is 33.4 Å². The first kappa shape index (κ1) is 27.9. The van der Waals surface area contributed by atoms with Gasteiger partial charge in [0.1, 0.15) is 23.3 Å². The Labute approximate surface area is 248 Å². The number of amides is 1. The maximum atomic E-state index is 12.7. The van der Waals surface area contributed by atoms with Crippen molar-refractivity contribution in [1.82, 2.24) is 10.3 Å². The van der Waals surface area contributed by atoms with E-state index in [9.17, 15) is 4.79 Å². The third-order valence-corrected chi connectivity index (χ3v) is 7.77. The first-order chi connectivity index (χ1) is 19.1. The number of nitrogens with zero attached hydrogens (tertiary/aromatic N) is 2. The zero-order valence-electron chi connectivity index (χ0n) is 23.0. The third-order valence-electron chi connectivity index (χ3n) is 6.80. The fourth-order valence-electron chi connectivity index (χ4n) is 4.64. The van der Waals surface area contributed by atoms with Crippen molar-refractivity contribution in [2.24, 2.45) is 5.41 Å². The van der Waals surface area contributed by atoms with Crippen LogP contribution in [-0.2, 0) is 4.79 Å². The van der Waals surface area contributed by atoms with Gasteiger partial charge >= 0.3 is 0 Å². The van der Waals surface area contributed by atoms with Crippen LogP contribution < -0.4 is 20.3 Å². The number of methoxy groups -OCH3 is 1. The first-order valence-corrected chi connectivity index (χ1v) is 14.1. The van der Waals surface area contributed by atoms with E-state index in [1.165, 1.54) is 0 Å². The lowest BCUT2D eigenvalue weighted by molar-refractivity contribution is -0.123. The Hall–Kier alpha value is -3.69. The maximum Gasteiger partial charge on any atom is 0.229 e. The van der Waals surface area contributed by atoms with Crippen LogP contribution in [0.25, 0.3) is 11.3 Å². The molecule has 5 rings (SSSR count). The van der Waals surface area contributed by atoms with E-state index in [1.54, 1.807) is 13.3 Å². The summed E-state index contributed by atoms with van der Waals surface area (Å²) in [5, 5.41) is 6.96. The van der Waals surface area contributed by atoms with Gasteiger partial charge in [0.2, 0.25) is 5.91 Å². The molecule has 0 aliphatic carbocycles. The van der Waals surface area contributed by atoms with Crippen molar-refractivity contribution in [1.29, 1.82) is 0 Å². The van der Waals surface area contributed by atoms with Crippen LogP contribution in [0.5, 0.6) is 5.75 Å². The molecule has 1 amide bonds. The van der Waals surface area contributed by atoms with E-state index >= 15 is 0 Å². The number of benzene rings is 2. The fourth-order valence-corrected chi connectivity index (χ4v) is 5.68. The number of aromatic nitrogens is 1. The highest BCUT2D eigenvalue weighted by atomic mass is 79.9.